The third-order valence-corrected chi connectivity index (χ3v) is 13.8. The maximum absolute atomic E-state index is 14.2. The molecule has 1 unspecified atom stereocenters. The summed E-state index contributed by atoms with van der Waals surface area (Å²) in [6.07, 6.45) is 15.6. The van der Waals surface area contributed by atoms with Gasteiger partial charge in [0, 0.05) is 17.2 Å². The quantitative estimate of drug-likeness (QED) is 0.0342. The van der Waals surface area contributed by atoms with Gasteiger partial charge in [0.25, 0.3) is 5.91 Å². The van der Waals surface area contributed by atoms with Crippen molar-refractivity contribution in [1.29, 1.82) is 0 Å². The molecular formula is C48H63ClN2O8S2. The van der Waals surface area contributed by atoms with Crippen LogP contribution in [0.3, 0.4) is 0 Å². The minimum absolute atomic E-state index is 0.113. The number of unbranched alkanes of at least 4 members (excludes halogenated alkanes) is 13. The van der Waals surface area contributed by atoms with Crippen molar-refractivity contribution in [2.24, 2.45) is 5.41 Å². The van der Waals surface area contributed by atoms with Gasteiger partial charge in [-0.3, -0.25) is 14.3 Å². The summed E-state index contributed by atoms with van der Waals surface area (Å²) in [5.41, 5.74) is -0.181. The summed E-state index contributed by atoms with van der Waals surface area (Å²) >= 11 is 6.82. The van der Waals surface area contributed by atoms with Crippen molar-refractivity contribution in [1.82, 2.24) is 0 Å². The summed E-state index contributed by atoms with van der Waals surface area (Å²) in [5, 5.41) is -0.00229. The summed E-state index contributed by atoms with van der Waals surface area (Å²) in [5.74, 6) is -1.78. The molecule has 2 N–H and O–H groups in total. The van der Waals surface area contributed by atoms with E-state index in [-0.39, 0.29) is 33.6 Å². The fourth-order valence-corrected chi connectivity index (χ4v) is 9.82. The van der Waals surface area contributed by atoms with Gasteiger partial charge in [-0.05, 0) is 60.5 Å². The molecule has 0 fully saturated rings. The van der Waals surface area contributed by atoms with Crippen LogP contribution in [0.15, 0.2) is 113 Å². The first-order valence-corrected chi connectivity index (χ1v) is 25.0. The summed E-state index contributed by atoms with van der Waals surface area (Å²) in [6, 6.07) is 27.2. The molecule has 0 aliphatic rings. The Labute approximate surface area is 369 Å². The van der Waals surface area contributed by atoms with Gasteiger partial charge >= 0.3 is 5.06 Å². The zero-order chi connectivity index (χ0) is 44.4. The van der Waals surface area contributed by atoms with Crippen LogP contribution in [0.5, 0.6) is 11.5 Å². The van der Waals surface area contributed by atoms with Crippen molar-refractivity contribution in [2.45, 2.75) is 139 Å². The van der Waals surface area contributed by atoms with Gasteiger partial charge < -0.3 is 14.8 Å². The average Bonchev–Trinajstić information content (AvgIpc) is 3.23. The Hall–Kier alpha value is -4.39. The number of carbonyl (C=O) groups excluding carboxylic acids is 2. The van der Waals surface area contributed by atoms with E-state index in [0.29, 0.717) is 24.3 Å². The van der Waals surface area contributed by atoms with Crippen molar-refractivity contribution in [2.75, 3.05) is 15.8 Å². The Kier molecular flexibility index (Phi) is 19.2. The zero-order valence-electron chi connectivity index (χ0n) is 36.1. The number of para-hydroxylation sites is 1. The van der Waals surface area contributed by atoms with Gasteiger partial charge in [0.15, 0.2) is 0 Å². The van der Waals surface area contributed by atoms with Gasteiger partial charge in [0.1, 0.15) is 18.1 Å². The minimum Gasteiger partial charge on any atom is -0.489 e. The fourth-order valence-electron chi connectivity index (χ4n) is 6.75. The molecule has 13 heteroatoms. The molecule has 0 aliphatic heterocycles. The van der Waals surface area contributed by atoms with E-state index in [9.17, 15) is 26.4 Å². The molecule has 4 rings (SSSR count). The van der Waals surface area contributed by atoms with Gasteiger partial charge in [-0.1, -0.05) is 171 Å². The van der Waals surface area contributed by atoms with Gasteiger partial charge in [0.05, 0.1) is 21.2 Å². The topological polar surface area (TPSA) is 145 Å². The second-order valence-corrected chi connectivity index (χ2v) is 20.8. The molecule has 0 radical (unpaired) electrons. The Morgan fingerprint density at radius 2 is 1.15 bits per heavy atom. The normalized spacial score (nSPS) is 12.9. The minimum atomic E-state index is -4.35. The van der Waals surface area contributed by atoms with E-state index < -0.39 is 42.0 Å². The van der Waals surface area contributed by atoms with Crippen LogP contribution in [0.2, 0.25) is 0 Å². The molecule has 10 nitrogen and oxygen atoms in total. The Balaban J connectivity index is 1.52. The van der Waals surface area contributed by atoms with E-state index in [0.717, 1.165) is 30.9 Å². The predicted molar refractivity (Wildman–Crippen MR) is 246 cm³/mol. The first kappa shape index (κ1) is 49.3. The molecule has 0 saturated heterocycles. The van der Waals surface area contributed by atoms with Crippen LogP contribution in [0, 0.1) is 5.41 Å². The number of alkyl halides is 1. The number of Topliss-reactive ketones (excluding diaryl/α,β-unsaturated/α-hetero) is 1. The highest BCUT2D eigenvalue weighted by molar-refractivity contribution is 7.93. The molecule has 1 amide bonds. The van der Waals surface area contributed by atoms with Gasteiger partial charge in [-0.15, -0.1) is 0 Å². The zero-order valence-corrected chi connectivity index (χ0v) is 38.5. The number of hydrogen-bond donors (Lipinski definition) is 2. The number of benzene rings is 4. The van der Waals surface area contributed by atoms with E-state index in [1.54, 1.807) is 51.1 Å². The summed E-state index contributed by atoms with van der Waals surface area (Å²) in [4.78, 5) is 27.0. The molecule has 0 bridgehead atoms. The van der Waals surface area contributed by atoms with Gasteiger partial charge in [-0.2, -0.15) is 0 Å². The largest absolute Gasteiger partial charge is 0.489 e. The lowest BCUT2D eigenvalue weighted by atomic mass is 9.86. The number of rotatable bonds is 27. The molecular weight excluding hydrogens is 832 g/mol. The lowest BCUT2D eigenvalue weighted by molar-refractivity contribution is -0.144. The molecule has 1 atom stereocenters. The maximum Gasteiger partial charge on any atom is 0.320 e. The molecule has 0 spiro atoms. The van der Waals surface area contributed by atoms with Gasteiger partial charge in [0.2, 0.25) is 25.6 Å². The maximum atomic E-state index is 14.2. The Morgan fingerprint density at radius 1 is 0.639 bits per heavy atom. The SMILES string of the molecule is CCCCCCCCCCCCCCCCS(=O)(=O)Nc1cc(OC(Cl)(C(=O)Nc2ccccc2)C(=O)C(C)(C)C)ccc1S(=O)(=O)c1ccc(OCc2ccccc2)cc1. The number of hydrogen-bond acceptors (Lipinski definition) is 8. The fraction of sp³-hybridized carbons (Fsp3) is 0.458. The van der Waals surface area contributed by atoms with Crippen molar-refractivity contribution in [3.8, 4) is 11.5 Å². The smallest absolute Gasteiger partial charge is 0.320 e. The van der Waals surface area contributed by atoms with E-state index in [4.69, 9.17) is 21.1 Å². The van der Waals surface area contributed by atoms with E-state index >= 15 is 0 Å². The summed E-state index contributed by atoms with van der Waals surface area (Å²) in [6.45, 7) is 7.25. The summed E-state index contributed by atoms with van der Waals surface area (Å²) in [7, 11) is -8.43. The number of carbonyl (C=O) groups is 2. The number of nitrogens with one attached hydrogen (secondary N) is 2. The molecule has 0 aliphatic carbocycles. The molecule has 4 aromatic carbocycles. The van der Waals surface area contributed by atoms with Crippen LogP contribution in [0.25, 0.3) is 0 Å². The number of sulfone groups is 1. The first-order valence-electron chi connectivity index (χ1n) is 21.5. The lowest BCUT2D eigenvalue weighted by Gasteiger charge is -2.31. The van der Waals surface area contributed by atoms with Crippen molar-refractivity contribution in [3.05, 3.63) is 109 Å². The monoisotopic (exact) mass is 894 g/mol. The van der Waals surface area contributed by atoms with Crippen LogP contribution >= 0.6 is 11.6 Å². The Morgan fingerprint density at radius 3 is 1.69 bits per heavy atom. The van der Waals surface area contributed by atoms with E-state index in [2.05, 4.69) is 17.0 Å². The standard InChI is InChI=1S/C48H63ClN2O8S2/c1-5-6-7-8-9-10-11-12-13-14-15-16-17-24-35-60(54,55)51-43-36-41(59-48(49,45(52)47(2,3)4)46(53)50-39-27-22-19-23-28-39)31-34-44(43)61(56,57)42-32-29-40(30-33-42)58-37-38-25-20-18-21-26-38/h18-23,25-34,36,51H,5-17,24,35,37H2,1-4H3,(H,50,53). The van der Waals surface area contributed by atoms with Crippen molar-refractivity contribution < 1.29 is 35.9 Å². The third-order valence-electron chi connectivity index (χ3n) is 10.2. The van der Waals surface area contributed by atoms with Gasteiger partial charge in [-0.25, -0.2) is 16.8 Å². The highest BCUT2D eigenvalue weighted by atomic mass is 35.5. The number of ketones is 1. The molecule has 0 saturated carbocycles. The second kappa shape index (κ2) is 23.7. The van der Waals surface area contributed by atoms with Crippen LogP contribution in [0.4, 0.5) is 11.4 Å². The van der Waals surface area contributed by atoms with Crippen LogP contribution in [0.1, 0.15) is 123 Å². The molecule has 0 aromatic heterocycles. The van der Waals surface area contributed by atoms with Crippen LogP contribution < -0.4 is 19.5 Å². The highest BCUT2D eigenvalue weighted by Gasteiger charge is 2.51. The van der Waals surface area contributed by atoms with E-state index in [1.807, 2.05) is 30.3 Å². The third kappa shape index (κ3) is 15.8. The molecule has 61 heavy (non-hydrogen) atoms. The molecule has 332 valence electrons. The number of halogens is 1. The van der Waals surface area contributed by atoms with Crippen molar-refractivity contribution >= 4 is 54.5 Å². The predicted octanol–water partition coefficient (Wildman–Crippen LogP) is 11.9. The number of anilines is 2. The Bertz CT molecular complexity index is 2200. The van der Waals surface area contributed by atoms with Crippen molar-refractivity contribution in [3.63, 3.8) is 0 Å². The van der Waals surface area contributed by atoms with Crippen LogP contribution in [-0.4, -0.2) is 39.3 Å². The molecule has 0 heterocycles. The average molecular weight is 896 g/mol. The number of amides is 1. The summed E-state index contributed by atoms with van der Waals surface area (Å²) < 4.78 is 69.9. The lowest BCUT2D eigenvalue weighted by Crippen LogP contribution is -2.54. The highest BCUT2D eigenvalue weighted by Crippen LogP contribution is 2.37. The van der Waals surface area contributed by atoms with Crippen LogP contribution in [-0.2, 0) is 36.1 Å². The first-order chi connectivity index (χ1) is 29.0. The number of ether oxygens (including phenoxy) is 2. The second-order valence-electron chi connectivity index (χ2n) is 16.5. The van der Waals surface area contributed by atoms with E-state index in [1.165, 1.54) is 94.2 Å². The molecule has 4 aromatic rings. The number of sulfonamides is 1.